The van der Waals surface area contributed by atoms with E-state index in [9.17, 15) is 4.79 Å². The van der Waals surface area contributed by atoms with Gasteiger partial charge in [-0.15, -0.1) is 0 Å². The monoisotopic (exact) mass is 385 g/mol. The lowest BCUT2D eigenvalue weighted by molar-refractivity contribution is -0.132. The van der Waals surface area contributed by atoms with Crippen molar-refractivity contribution in [2.75, 3.05) is 39.9 Å². The Kier molecular flexibility index (Phi) is 5.64. The third kappa shape index (κ3) is 4.20. The number of aromatic nitrogens is 1. The van der Waals surface area contributed by atoms with Crippen LogP contribution in [0.25, 0.3) is 0 Å². The fraction of sp³-hybridized carbons (Fsp3) is 0.524. The minimum absolute atomic E-state index is 0.0162. The van der Waals surface area contributed by atoms with Crippen LogP contribution in [-0.2, 0) is 22.5 Å². The van der Waals surface area contributed by atoms with E-state index in [1.54, 1.807) is 7.11 Å². The summed E-state index contributed by atoms with van der Waals surface area (Å²) in [5.74, 6) is 2.12. The van der Waals surface area contributed by atoms with E-state index in [-0.39, 0.29) is 17.9 Å². The van der Waals surface area contributed by atoms with Crippen molar-refractivity contribution in [2.45, 2.75) is 26.0 Å². The number of fused-ring (bicyclic) bond motifs is 1. The molecule has 0 aliphatic carbocycles. The summed E-state index contributed by atoms with van der Waals surface area (Å²) in [4.78, 5) is 17.0. The Morgan fingerprint density at radius 2 is 2.18 bits per heavy atom. The normalized spacial score (nSPS) is 22.6. The highest BCUT2D eigenvalue weighted by Gasteiger charge is 2.36. The SMILES string of the molecule is CO[C@H]1CN(C(=O)CN2CCOc3ccccc3C2)C[C@H]1Cc1cc(C)no1. The Balaban J connectivity index is 1.37. The molecule has 2 aromatic rings. The number of hydrogen-bond donors (Lipinski definition) is 0. The molecule has 28 heavy (non-hydrogen) atoms. The van der Waals surface area contributed by atoms with E-state index in [0.717, 1.165) is 42.3 Å². The predicted molar refractivity (Wildman–Crippen MR) is 103 cm³/mol. The maximum atomic E-state index is 13.0. The molecule has 1 amide bonds. The van der Waals surface area contributed by atoms with Gasteiger partial charge in [0.1, 0.15) is 18.1 Å². The van der Waals surface area contributed by atoms with E-state index in [0.29, 0.717) is 26.2 Å². The lowest BCUT2D eigenvalue weighted by atomic mass is 10.0. The number of amides is 1. The molecule has 3 heterocycles. The van der Waals surface area contributed by atoms with Gasteiger partial charge in [0.15, 0.2) is 0 Å². The average molecular weight is 385 g/mol. The molecule has 1 saturated heterocycles. The Labute approximate surface area is 165 Å². The molecule has 150 valence electrons. The van der Waals surface area contributed by atoms with Gasteiger partial charge in [-0.3, -0.25) is 9.69 Å². The van der Waals surface area contributed by atoms with Crippen molar-refractivity contribution in [3.05, 3.63) is 47.3 Å². The zero-order valence-electron chi connectivity index (χ0n) is 16.5. The van der Waals surface area contributed by atoms with Gasteiger partial charge in [0, 0.05) is 57.3 Å². The van der Waals surface area contributed by atoms with Crippen LogP contribution in [0, 0.1) is 12.8 Å². The zero-order chi connectivity index (χ0) is 19.5. The number of methoxy groups -OCH3 is 1. The first kappa shape index (κ1) is 19.0. The summed E-state index contributed by atoms with van der Waals surface area (Å²) in [6.45, 7) is 5.66. The molecule has 0 bridgehead atoms. The first-order valence-corrected chi connectivity index (χ1v) is 9.78. The Morgan fingerprint density at radius 1 is 1.32 bits per heavy atom. The summed E-state index contributed by atoms with van der Waals surface area (Å²) in [7, 11) is 1.71. The smallest absolute Gasteiger partial charge is 0.236 e. The number of likely N-dealkylation sites (tertiary alicyclic amines) is 1. The number of benzene rings is 1. The Morgan fingerprint density at radius 3 is 2.96 bits per heavy atom. The van der Waals surface area contributed by atoms with Crippen molar-refractivity contribution in [1.82, 2.24) is 15.0 Å². The van der Waals surface area contributed by atoms with Crippen molar-refractivity contribution in [1.29, 1.82) is 0 Å². The second-order valence-electron chi connectivity index (χ2n) is 7.64. The molecule has 1 aromatic heterocycles. The molecule has 7 nitrogen and oxygen atoms in total. The van der Waals surface area contributed by atoms with Gasteiger partial charge in [-0.2, -0.15) is 0 Å². The number of ether oxygens (including phenoxy) is 2. The lowest BCUT2D eigenvalue weighted by Crippen LogP contribution is -2.40. The van der Waals surface area contributed by atoms with Gasteiger partial charge in [0.05, 0.1) is 18.3 Å². The molecule has 2 aliphatic heterocycles. The molecule has 1 fully saturated rings. The van der Waals surface area contributed by atoms with E-state index in [4.69, 9.17) is 14.0 Å². The third-order valence-corrected chi connectivity index (χ3v) is 5.57. The molecule has 2 aliphatic rings. The summed E-state index contributed by atoms with van der Waals surface area (Å²) >= 11 is 0. The van der Waals surface area contributed by atoms with Crippen molar-refractivity contribution < 1.29 is 18.8 Å². The third-order valence-electron chi connectivity index (χ3n) is 5.57. The van der Waals surface area contributed by atoms with Crippen LogP contribution in [0.15, 0.2) is 34.9 Å². The Hall–Kier alpha value is -2.38. The molecule has 2 atom stereocenters. The van der Waals surface area contributed by atoms with Gasteiger partial charge in [-0.25, -0.2) is 0 Å². The minimum Gasteiger partial charge on any atom is -0.492 e. The van der Waals surface area contributed by atoms with Crippen LogP contribution < -0.4 is 4.74 Å². The van der Waals surface area contributed by atoms with E-state index >= 15 is 0 Å². The van der Waals surface area contributed by atoms with Crippen LogP contribution in [0.5, 0.6) is 5.75 Å². The minimum atomic E-state index is 0.0162. The van der Waals surface area contributed by atoms with Crippen LogP contribution in [0.4, 0.5) is 0 Å². The van der Waals surface area contributed by atoms with Crippen molar-refractivity contribution in [3.63, 3.8) is 0 Å². The summed E-state index contributed by atoms with van der Waals surface area (Å²) in [5.41, 5.74) is 2.00. The highest BCUT2D eigenvalue weighted by molar-refractivity contribution is 5.78. The number of aryl methyl sites for hydroxylation is 1. The summed E-state index contributed by atoms with van der Waals surface area (Å²) in [6, 6.07) is 9.98. The molecular weight excluding hydrogens is 358 g/mol. The van der Waals surface area contributed by atoms with Crippen LogP contribution in [-0.4, -0.2) is 66.9 Å². The molecule has 0 saturated carbocycles. The van der Waals surface area contributed by atoms with Crippen molar-refractivity contribution in [2.24, 2.45) is 5.92 Å². The number of carbonyl (C=O) groups is 1. The van der Waals surface area contributed by atoms with Gasteiger partial charge in [-0.05, 0) is 13.0 Å². The van der Waals surface area contributed by atoms with Crippen molar-refractivity contribution in [3.8, 4) is 5.75 Å². The molecule has 1 aromatic carbocycles. The highest BCUT2D eigenvalue weighted by atomic mass is 16.5. The van der Waals surface area contributed by atoms with Gasteiger partial charge in [-0.1, -0.05) is 23.4 Å². The van der Waals surface area contributed by atoms with Crippen LogP contribution >= 0.6 is 0 Å². The molecule has 0 N–H and O–H groups in total. The number of hydrogen-bond acceptors (Lipinski definition) is 6. The second-order valence-corrected chi connectivity index (χ2v) is 7.64. The van der Waals surface area contributed by atoms with Gasteiger partial charge in [0.25, 0.3) is 0 Å². The topological polar surface area (TPSA) is 68.0 Å². The number of rotatable bonds is 5. The van der Waals surface area contributed by atoms with Gasteiger partial charge < -0.3 is 18.9 Å². The van der Waals surface area contributed by atoms with Crippen molar-refractivity contribution >= 4 is 5.91 Å². The molecule has 0 radical (unpaired) electrons. The fourth-order valence-electron chi connectivity index (χ4n) is 4.09. The predicted octanol–water partition coefficient (Wildman–Crippen LogP) is 1.89. The molecule has 7 heteroatoms. The van der Waals surface area contributed by atoms with E-state index < -0.39 is 0 Å². The highest BCUT2D eigenvalue weighted by Crippen LogP contribution is 2.25. The standard InChI is InChI=1S/C21H27N3O4/c1-15-9-18(28-22-15)10-17-12-24(13-20(17)26-2)21(25)14-23-7-8-27-19-6-4-3-5-16(19)11-23/h3-6,9,17,20H,7-8,10-14H2,1-2H3/t17-,20+/m1/s1. The molecule has 0 spiro atoms. The number of nitrogens with zero attached hydrogens (tertiary/aromatic N) is 3. The zero-order valence-corrected chi connectivity index (χ0v) is 16.5. The van der Waals surface area contributed by atoms with E-state index in [2.05, 4.69) is 16.1 Å². The number of para-hydroxylation sites is 1. The van der Waals surface area contributed by atoms with Crippen LogP contribution in [0.3, 0.4) is 0 Å². The number of carbonyl (C=O) groups excluding carboxylic acids is 1. The largest absolute Gasteiger partial charge is 0.492 e. The lowest BCUT2D eigenvalue weighted by Gasteiger charge is -2.23. The second kappa shape index (κ2) is 8.32. The molecular formula is C21H27N3O4. The van der Waals surface area contributed by atoms with Crippen LogP contribution in [0.1, 0.15) is 17.0 Å². The first-order chi connectivity index (χ1) is 13.6. The summed E-state index contributed by atoms with van der Waals surface area (Å²) in [6.07, 6.45) is 0.746. The molecule has 0 unspecified atom stereocenters. The maximum Gasteiger partial charge on any atom is 0.236 e. The maximum absolute atomic E-state index is 13.0. The quantitative estimate of drug-likeness (QED) is 0.783. The van der Waals surface area contributed by atoms with Crippen LogP contribution in [0.2, 0.25) is 0 Å². The molecule has 4 rings (SSSR count). The van der Waals surface area contributed by atoms with E-state index in [1.165, 1.54) is 0 Å². The Bertz CT molecular complexity index is 821. The fourth-order valence-corrected chi connectivity index (χ4v) is 4.09. The summed E-state index contributed by atoms with van der Waals surface area (Å²) in [5, 5.41) is 3.95. The average Bonchev–Trinajstić information content (AvgIpc) is 3.22. The van der Waals surface area contributed by atoms with Gasteiger partial charge in [0.2, 0.25) is 5.91 Å². The summed E-state index contributed by atoms with van der Waals surface area (Å²) < 4.78 is 16.8. The first-order valence-electron chi connectivity index (χ1n) is 9.78. The van der Waals surface area contributed by atoms with E-state index in [1.807, 2.05) is 36.1 Å². The van der Waals surface area contributed by atoms with Gasteiger partial charge >= 0.3 is 0 Å².